The van der Waals surface area contributed by atoms with Crippen LogP contribution in [0.15, 0.2) is 24.3 Å². The van der Waals surface area contributed by atoms with E-state index in [4.69, 9.17) is 4.74 Å². The molecule has 0 fully saturated rings. The Balaban J connectivity index is 2.29. The molecular weight excluding hydrogens is 212 g/mol. The largest absolute Gasteiger partial charge is 0.492 e. The third-order valence-electron chi connectivity index (χ3n) is 2.52. The molecule has 0 radical (unpaired) electrons. The van der Waals surface area contributed by atoms with Gasteiger partial charge < -0.3 is 15.0 Å². The maximum Gasteiger partial charge on any atom is 0.119 e. The summed E-state index contributed by atoms with van der Waals surface area (Å²) < 4.78 is 5.63. The van der Waals surface area contributed by atoms with Crippen molar-refractivity contribution in [1.82, 2.24) is 4.90 Å². The summed E-state index contributed by atoms with van der Waals surface area (Å²) in [6.45, 7) is 4.91. The molecule has 0 aliphatic heterocycles. The highest BCUT2D eigenvalue weighted by molar-refractivity contribution is 5.46. The van der Waals surface area contributed by atoms with Crippen LogP contribution in [-0.2, 0) is 0 Å². The van der Waals surface area contributed by atoms with Gasteiger partial charge in [-0.3, -0.25) is 0 Å². The second-order valence-corrected chi connectivity index (χ2v) is 4.46. The molecule has 1 N–H and O–H groups in total. The lowest BCUT2D eigenvalue weighted by Gasteiger charge is -2.11. The number of nitrogens with zero attached hydrogens (tertiary/aromatic N) is 1. The zero-order valence-corrected chi connectivity index (χ0v) is 11.2. The van der Waals surface area contributed by atoms with Gasteiger partial charge in [0.1, 0.15) is 12.4 Å². The summed E-state index contributed by atoms with van der Waals surface area (Å²) in [6.07, 6.45) is 2.43. The first-order valence-electron chi connectivity index (χ1n) is 6.34. The molecule has 1 aromatic rings. The minimum atomic E-state index is 0.732. The summed E-state index contributed by atoms with van der Waals surface area (Å²) in [6, 6.07) is 8.18. The molecule has 0 saturated carbocycles. The lowest BCUT2D eigenvalue weighted by molar-refractivity contribution is 0.261. The summed E-state index contributed by atoms with van der Waals surface area (Å²) >= 11 is 0. The van der Waals surface area contributed by atoms with Crippen LogP contribution in [0.2, 0.25) is 0 Å². The summed E-state index contributed by atoms with van der Waals surface area (Å²) in [4.78, 5) is 2.11. The van der Waals surface area contributed by atoms with Crippen molar-refractivity contribution >= 4 is 5.69 Å². The first-order valence-corrected chi connectivity index (χ1v) is 6.34. The third-order valence-corrected chi connectivity index (χ3v) is 2.52. The normalized spacial score (nSPS) is 10.6. The quantitative estimate of drug-likeness (QED) is 0.702. The number of benzene rings is 1. The van der Waals surface area contributed by atoms with Gasteiger partial charge in [-0.15, -0.1) is 0 Å². The van der Waals surface area contributed by atoms with Crippen LogP contribution in [0.5, 0.6) is 5.75 Å². The Hall–Kier alpha value is -1.22. The first-order chi connectivity index (χ1) is 8.22. The summed E-state index contributed by atoms with van der Waals surface area (Å²) in [5, 5.41) is 3.38. The van der Waals surface area contributed by atoms with Crippen molar-refractivity contribution in [2.24, 2.45) is 0 Å². The molecule has 0 amide bonds. The maximum atomic E-state index is 5.63. The zero-order valence-electron chi connectivity index (χ0n) is 11.2. The van der Waals surface area contributed by atoms with E-state index in [0.717, 1.165) is 25.4 Å². The monoisotopic (exact) mass is 236 g/mol. The fraction of sp³-hybridized carbons (Fsp3) is 0.571. The summed E-state index contributed by atoms with van der Waals surface area (Å²) in [7, 11) is 4.09. The second kappa shape index (κ2) is 7.96. The van der Waals surface area contributed by atoms with Crippen molar-refractivity contribution in [2.45, 2.75) is 19.8 Å². The molecule has 0 atom stereocenters. The molecule has 0 saturated heterocycles. The Bertz CT molecular complexity index is 296. The Morgan fingerprint density at radius 1 is 1.18 bits per heavy atom. The van der Waals surface area contributed by atoms with Gasteiger partial charge >= 0.3 is 0 Å². The molecule has 0 aliphatic rings. The van der Waals surface area contributed by atoms with Gasteiger partial charge in [0.25, 0.3) is 0 Å². The second-order valence-electron chi connectivity index (χ2n) is 4.46. The first kappa shape index (κ1) is 13.8. The fourth-order valence-electron chi connectivity index (χ4n) is 1.42. The molecule has 17 heavy (non-hydrogen) atoms. The van der Waals surface area contributed by atoms with Crippen molar-refractivity contribution in [1.29, 1.82) is 0 Å². The molecule has 0 spiro atoms. The lowest BCUT2D eigenvalue weighted by atomic mass is 10.3. The van der Waals surface area contributed by atoms with Gasteiger partial charge in [-0.2, -0.15) is 0 Å². The van der Waals surface area contributed by atoms with E-state index in [1.54, 1.807) is 0 Å². The van der Waals surface area contributed by atoms with Crippen molar-refractivity contribution in [2.75, 3.05) is 39.1 Å². The van der Waals surface area contributed by atoms with Gasteiger partial charge in [-0.25, -0.2) is 0 Å². The van der Waals surface area contributed by atoms with Gasteiger partial charge in [0, 0.05) is 18.8 Å². The highest BCUT2D eigenvalue weighted by atomic mass is 16.5. The maximum absolute atomic E-state index is 5.63. The average molecular weight is 236 g/mol. The smallest absolute Gasteiger partial charge is 0.119 e. The highest BCUT2D eigenvalue weighted by Crippen LogP contribution is 2.15. The number of likely N-dealkylation sites (N-methyl/N-ethyl adjacent to an activating group) is 1. The van der Waals surface area contributed by atoms with E-state index in [2.05, 4.69) is 29.3 Å². The van der Waals surface area contributed by atoms with E-state index in [1.165, 1.54) is 18.5 Å². The van der Waals surface area contributed by atoms with E-state index in [9.17, 15) is 0 Å². The van der Waals surface area contributed by atoms with E-state index in [-0.39, 0.29) is 0 Å². The Morgan fingerprint density at radius 2 is 1.88 bits per heavy atom. The van der Waals surface area contributed by atoms with Crippen molar-refractivity contribution in [3.63, 3.8) is 0 Å². The van der Waals surface area contributed by atoms with E-state index in [1.807, 2.05) is 26.2 Å². The van der Waals surface area contributed by atoms with Gasteiger partial charge in [0.2, 0.25) is 0 Å². The molecule has 0 bridgehead atoms. The van der Waals surface area contributed by atoms with Crippen LogP contribution in [0.4, 0.5) is 5.69 Å². The fourth-order valence-corrected chi connectivity index (χ4v) is 1.42. The SMILES string of the molecule is CCCCNc1ccc(OCCN(C)C)cc1. The molecule has 3 heteroatoms. The Morgan fingerprint density at radius 3 is 2.47 bits per heavy atom. The van der Waals surface area contributed by atoms with Crippen molar-refractivity contribution < 1.29 is 4.74 Å². The number of hydrogen-bond acceptors (Lipinski definition) is 3. The van der Waals surface area contributed by atoms with Crippen LogP contribution < -0.4 is 10.1 Å². The van der Waals surface area contributed by atoms with Crippen LogP contribution in [0.25, 0.3) is 0 Å². The van der Waals surface area contributed by atoms with Gasteiger partial charge in [-0.1, -0.05) is 13.3 Å². The molecular formula is C14H24N2O. The number of hydrogen-bond donors (Lipinski definition) is 1. The van der Waals surface area contributed by atoms with Crippen molar-refractivity contribution in [3.8, 4) is 5.75 Å². The minimum Gasteiger partial charge on any atom is -0.492 e. The third kappa shape index (κ3) is 6.17. The molecule has 0 aliphatic carbocycles. The standard InChI is InChI=1S/C14H24N2O/c1-4-5-10-15-13-6-8-14(9-7-13)17-12-11-16(2)3/h6-9,15H,4-5,10-12H2,1-3H3. The number of unbranched alkanes of at least 4 members (excludes halogenated alkanes) is 1. The lowest BCUT2D eigenvalue weighted by Crippen LogP contribution is -2.19. The minimum absolute atomic E-state index is 0.732. The zero-order chi connectivity index (χ0) is 12.5. The van der Waals surface area contributed by atoms with Crippen molar-refractivity contribution in [3.05, 3.63) is 24.3 Å². The van der Waals surface area contributed by atoms with Crippen LogP contribution >= 0.6 is 0 Å². The molecule has 96 valence electrons. The van der Waals surface area contributed by atoms with Gasteiger partial charge in [0.15, 0.2) is 0 Å². The number of anilines is 1. The summed E-state index contributed by atoms with van der Waals surface area (Å²) in [5.41, 5.74) is 1.17. The number of rotatable bonds is 8. The molecule has 1 aromatic carbocycles. The predicted octanol–water partition coefficient (Wildman–Crippen LogP) is 2.84. The number of nitrogens with one attached hydrogen (secondary N) is 1. The Labute approximate surface area is 105 Å². The topological polar surface area (TPSA) is 24.5 Å². The van der Waals surface area contributed by atoms with Gasteiger partial charge in [0.05, 0.1) is 0 Å². The highest BCUT2D eigenvalue weighted by Gasteiger charge is 1.96. The van der Waals surface area contributed by atoms with Crippen LogP contribution in [-0.4, -0.2) is 38.7 Å². The number of ether oxygens (including phenoxy) is 1. The van der Waals surface area contributed by atoms with Gasteiger partial charge in [-0.05, 0) is 44.8 Å². The average Bonchev–Trinajstić information content (AvgIpc) is 2.31. The van der Waals surface area contributed by atoms with E-state index in [0.29, 0.717) is 0 Å². The molecule has 0 unspecified atom stereocenters. The molecule has 1 rings (SSSR count). The molecule has 0 aromatic heterocycles. The molecule has 3 nitrogen and oxygen atoms in total. The molecule has 0 heterocycles. The van der Waals surface area contributed by atoms with E-state index < -0.39 is 0 Å². The van der Waals surface area contributed by atoms with Crippen LogP contribution in [0.1, 0.15) is 19.8 Å². The Kier molecular flexibility index (Phi) is 6.48. The predicted molar refractivity (Wildman–Crippen MR) is 73.9 cm³/mol. The van der Waals surface area contributed by atoms with Crippen LogP contribution in [0, 0.1) is 0 Å². The van der Waals surface area contributed by atoms with Crippen LogP contribution in [0.3, 0.4) is 0 Å². The summed E-state index contributed by atoms with van der Waals surface area (Å²) in [5.74, 6) is 0.938. The van der Waals surface area contributed by atoms with E-state index >= 15 is 0 Å².